The molecule has 2 atom stereocenters. The van der Waals surface area contributed by atoms with Gasteiger partial charge >= 0.3 is 0 Å². The minimum atomic E-state index is -0.342. The highest BCUT2D eigenvalue weighted by Gasteiger charge is 2.57. The quantitative estimate of drug-likeness (QED) is 0.550. The van der Waals surface area contributed by atoms with Crippen molar-refractivity contribution in [2.24, 2.45) is 5.41 Å². The second-order valence-corrected chi connectivity index (χ2v) is 7.86. The topological polar surface area (TPSA) is 54.3 Å². The van der Waals surface area contributed by atoms with E-state index in [1.165, 1.54) is 16.7 Å². The van der Waals surface area contributed by atoms with Crippen LogP contribution in [0.4, 0.5) is 0 Å². The Balaban J connectivity index is 1.83. The third-order valence-electron chi connectivity index (χ3n) is 5.77. The fourth-order valence-electron chi connectivity index (χ4n) is 3.94. The van der Waals surface area contributed by atoms with E-state index in [1.54, 1.807) is 0 Å². The van der Waals surface area contributed by atoms with E-state index >= 15 is 0 Å². The molecule has 1 aliphatic rings. The summed E-state index contributed by atoms with van der Waals surface area (Å²) in [5, 5.41) is 13.7. The molecule has 1 fully saturated rings. The first-order valence-corrected chi connectivity index (χ1v) is 10.6. The van der Waals surface area contributed by atoms with E-state index in [2.05, 4.69) is 66.8 Å². The number of nitrogens with one attached hydrogen (secondary N) is 1. The van der Waals surface area contributed by atoms with Crippen LogP contribution in [-0.4, -0.2) is 25.5 Å². The zero-order valence-electron chi connectivity index (χ0n) is 17.7. The minimum absolute atomic E-state index is 0.0462. The number of benzene rings is 2. The Hall–Kier alpha value is -2.19. The van der Waals surface area contributed by atoms with Crippen molar-refractivity contribution in [2.75, 3.05) is 13.2 Å². The largest absolute Gasteiger partial charge is 0.352 e. The molecule has 0 unspecified atom stereocenters. The molecule has 1 saturated carbocycles. The van der Waals surface area contributed by atoms with Gasteiger partial charge in [-0.15, -0.1) is 0 Å². The Morgan fingerprint density at radius 1 is 1.00 bits per heavy atom. The maximum atomic E-state index is 10.1. The average molecular weight is 393 g/mol. The van der Waals surface area contributed by atoms with E-state index in [1.807, 2.05) is 19.9 Å². The van der Waals surface area contributed by atoms with Gasteiger partial charge in [0.2, 0.25) is 0 Å². The van der Waals surface area contributed by atoms with Gasteiger partial charge < -0.3 is 9.47 Å². The highest BCUT2D eigenvalue weighted by Crippen LogP contribution is 2.53. The van der Waals surface area contributed by atoms with Gasteiger partial charge in [0.1, 0.15) is 6.04 Å². The summed E-state index contributed by atoms with van der Waals surface area (Å²) in [6, 6.07) is 21.2. The second-order valence-electron chi connectivity index (χ2n) is 7.86. The first-order valence-electron chi connectivity index (χ1n) is 10.6. The van der Waals surface area contributed by atoms with Gasteiger partial charge in [-0.2, -0.15) is 5.26 Å². The van der Waals surface area contributed by atoms with Crippen LogP contribution in [0.2, 0.25) is 0 Å². The summed E-state index contributed by atoms with van der Waals surface area (Å²) in [5.41, 5.74) is 3.42. The summed E-state index contributed by atoms with van der Waals surface area (Å²) < 4.78 is 11.8. The first kappa shape index (κ1) is 21.5. The summed E-state index contributed by atoms with van der Waals surface area (Å²) in [7, 11) is 0. The predicted octanol–water partition coefficient (Wildman–Crippen LogP) is 4.94. The fourth-order valence-corrected chi connectivity index (χ4v) is 3.94. The van der Waals surface area contributed by atoms with Crippen molar-refractivity contribution < 1.29 is 9.47 Å². The zero-order chi connectivity index (χ0) is 20.7. The number of nitriles is 1. The van der Waals surface area contributed by atoms with E-state index in [9.17, 15) is 5.26 Å². The first-order chi connectivity index (χ1) is 14.1. The number of hydrogen-bond donors (Lipinski definition) is 1. The highest BCUT2D eigenvalue weighted by atomic mass is 16.7. The van der Waals surface area contributed by atoms with Gasteiger partial charge in [0.25, 0.3) is 0 Å². The van der Waals surface area contributed by atoms with Crippen LogP contribution >= 0.6 is 0 Å². The molecule has 3 rings (SSSR count). The second kappa shape index (κ2) is 10.0. The van der Waals surface area contributed by atoms with Crippen LogP contribution in [0.1, 0.15) is 49.4 Å². The predicted molar refractivity (Wildman–Crippen MR) is 115 cm³/mol. The van der Waals surface area contributed by atoms with Crippen LogP contribution in [0.5, 0.6) is 0 Å². The summed E-state index contributed by atoms with van der Waals surface area (Å²) in [5.74, 6) is 0. The summed E-state index contributed by atoms with van der Waals surface area (Å²) in [6.07, 6.45) is 2.36. The monoisotopic (exact) mass is 392 g/mol. The van der Waals surface area contributed by atoms with E-state index < -0.39 is 0 Å². The summed E-state index contributed by atoms with van der Waals surface area (Å²) >= 11 is 0. The Morgan fingerprint density at radius 2 is 1.62 bits per heavy atom. The number of hydrogen-bond acceptors (Lipinski definition) is 4. The molecule has 154 valence electrons. The van der Waals surface area contributed by atoms with Crippen molar-refractivity contribution in [2.45, 2.75) is 58.4 Å². The standard InChI is InChI=1S/C25H32N2O2/c1-4-28-24(29-5-2)25(15-16-25)23(18-26)27-22(21-9-7-6-8-10-21)17-20-13-11-19(3)12-14-20/h6-14,22-24,27H,4-5,15-17H2,1-3H3/t22-,23-/m0/s1. The van der Waals surface area contributed by atoms with Crippen LogP contribution in [0.3, 0.4) is 0 Å². The van der Waals surface area contributed by atoms with Gasteiger partial charge in [0.15, 0.2) is 6.29 Å². The number of ether oxygens (including phenoxy) is 2. The molecule has 0 aliphatic heterocycles. The molecule has 4 heteroatoms. The summed E-state index contributed by atoms with van der Waals surface area (Å²) in [4.78, 5) is 0. The van der Waals surface area contributed by atoms with Crippen LogP contribution in [0.25, 0.3) is 0 Å². The lowest BCUT2D eigenvalue weighted by Gasteiger charge is -2.33. The van der Waals surface area contributed by atoms with E-state index in [0.717, 1.165) is 19.3 Å². The lowest BCUT2D eigenvalue weighted by atomic mass is 9.92. The van der Waals surface area contributed by atoms with E-state index in [0.29, 0.717) is 13.2 Å². The maximum Gasteiger partial charge on any atom is 0.165 e. The third kappa shape index (κ3) is 5.25. The SMILES string of the molecule is CCOC(OCC)C1([C@H](C#N)N[C@@H](Cc2ccc(C)cc2)c2ccccc2)CC1. The molecule has 4 nitrogen and oxygen atoms in total. The molecule has 0 aromatic heterocycles. The molecule has 0 bridgehead atoms. The van der Waals surface area contributed by atoms with Crippen LogP contribution in [-0.2, 0) is 15.9 Å². The average Bonchev–Trinajstić information content (AvgIpc) is 3.55. The van der Waals surface area contributed by atoms with Crippen molar-refractivity contribution in [3.05, 3.63) is 71.3 Å². The zero-order valence-corrected chi connectivity index (χ0v) is 17.7. The van der Waals surface area contributed by atoms with E-state index in [4.69, 9.17) is 9.47 Å². The van der Waals surface area contributed by atoms with Crippen molar-refractivity contribution in [3.8, 4) is 6.07 Å². The van der Waals surface area contributed by atoms with Crippen LogP contribution < -0.4 is 5.32 Å². The molecule has 2 aromatic carbocycles. The lowest BCUT2D eigenvalue weighted by molar-refractivity contribution is -0.179. The van der Waals surface area contributed by atoms with Crippen LogP contribution in [0.15, 0.2) is 54.6 Å². The molecule has 0 spiro atoms. The molecule has 0 saturated heterocycles. The van der Waals surface area contributed by atoms with Gasteiger partial charge in [-0.25, -0.2) is 0 Å². The molecule has 1 N–H and O–H groups in total. The Kier molecular flexibility index (Phi) is 7.44. The highest BCUT2D eigenvalue weighted by molar-refractivity contribution is 5.27. The minimum Gasteiger partial charge on any atom is -0.352 e. The molecule has 0 heterocycles. The van der Waals surface area contributed by atoms with Gasteiger partial charge in [-0.3, -0.25) is 5.32 Å². The van der Waals surface area contributed by atoms with Crippen molar-refractivity contribution in [3.63, 3.8) is 0 Å². The lowest BCUT2D eigenvalue weighted by Crippen LogP contribution is -2.46. The maximum absolute atomic E-state index is 10.1. The Morgan fingerprint density at radius 3 is 2.14 bits per heavy atom. The third-order valence-corrected chi connectivity index (χ3v) is 5.77. The molecule has 2 aromatic rings. The van der Waals surface area contributed by atoms with Gasteiger partial charge in [0.05, 0.1) is 11.5 Å². The Bertz CT molecular complexity index is 788. The smallest absolute Gasteiger partial charge is 0.165 e. The van der Waals surface area contributed by atoms with Crippen molar-refractivity contribution in [1.29, 1.82) is 5.26 Å². The van der Waals surface area contributed by atoms with Crippen molar-refractivity contribution >= 4 is 0 Å². The normalized spacial score (nSPS) is 16.9. The number of rotatable bonds is 11. The van der Waals surface area contributed by atoms with Crippen LogP contribution in [0, 0.1) is 23.7 Å². The number of nitrogens with zero attached hydrogens (tertiary/aromatic N) is 1. The molecule has 29 heavy (non-hydrogen) atoms. The number of aryl methyl sites for hydroxylation is 1. The fraction of sp³-hybridized carbons (Fsp3) is 0.480. The molecule has 0 radical (unpaired) electrons. The summed E-state index contributed by atoms with van der Waals surface area (Å²) in [6.45, 7) is 7.20. The molecular weight excluding hydrogens is 360 g/mol. The van der Waals surface area contributed by atoms with Crippen molar-refractivity contribution in [1.82, 2.24) is 5.32 Å². The Labute approximate surface area is 174 Å². The molecule has 0 amide bonds. The van der Waals surface area contributed by atoms with Gasteiger partial charge in [-0.05, 0) is 51.2 Å². The van der Waals surface area contributed by atoms with Gasteiger partial charge in [0, 0.05) is 19.3 Å². The molecular formula is C25H32N2O2. The molecule has 1 aliphatic carbocycles. The van der Waals surface area contributed by atoms with Gasteiger partial charge in [-0.1, -0.05) is 60.2 Å². The van der Waals surface area contributed by atoms with E-state index in [-0.39, 0.29) is 23.8 Å².